The molecule has 0 bridgehead atoms. The molecule has 1 atom stereocenters. The van der Waals surface area contributed by atoms with Gasteiger partial charge in [-0.05, 0) is 55.7 Å². The molecule has 0 aliphatic heterocycles. The SMILES string of the molecule is CC[C@@H](C(=O)Nc1cccc(C)c1C)n1nc(-c2ccc(Cl)cc2)cc(NC(C)=O)c1=O. The van der Waals surface area contributed by atoms with E-state index in [9.17, 15) is 14.4 Å². The molecule has 8 heteroatoms. The summed E-state index contributed by atoms with van der Waals surface area (Å²) in [6.07, 6.45) is 0.327. The predicted molar refractivity (Wildman–Crippen MR) is 127 cm³/mol. The van der Waals surface area contributed by atoms with Crippen molar-refractivity contribution in [1.29, 1.82) is 0 Å². The molecule has 0 radical (unpaired) electrons. The van der Waals surface area contributed by atoms with Crippen LogP contribution >= 0.6 is 11.6 Å². The summed E-state index contributed by atoms with van der Waals surface area (Å²) in [5.41, 5.74) is 3.30. The van der Waals surface area contributed by atoms with E-state index in [-0.39, 0.29) is 11.6 Å². The maximum absolute atomic E-state index is 13.2. The molecule has 0 spiro atoms. The van der Waals surface area contributed by atoms with Gasteiger partial charge in [0, 0.05) is 23.2 Å². The highest BCUT2D eigenvalue weighted by Gasteiger charge is 2.24. The van der Waals surface area contributed by atoms with Crippen LogP contribution in [0.2, 0.25) is 5.02 Å². The number of nitrogens with one attached hydrogen (secondary N) is 2. The molecule has 2 aromatic carbocycles. The first-order chi connectivity index (χ1) is 15.2. The normalized spacial score (nSPS) is 11.7. The average Bonchev–Trinajstić information content (AvgIpc) is 2.74. The van der Waals surface area contributed by atoms with Crippen LogP contribution in [0.25, 0.3) is 11.3 Å². The Morgan fingerprint density at radius 3 is 2.38 bits per heavy atom. The van der Waals surface area contributed by atoms with Crippen LogP contribution in [-0.2, 0) is 9.59 Å². The molecular weight excluding hydrogens is 428 g/mol. The van der Waals surface area contributed by atoms with Gasteiger partial charge in [0.15, 0.2) is 0 Å². The van der Waals surface area contributed by atoms with Crippen molar-refractivity contribution in [2.45, 2.75) is 40.2 Å². The molecule has 0 aliphatic carbocycles. The first-order valence-electron chi connectivity index (χ1n) is 10.3. The number of rotatable bonds is 6. The molecule has 0 fully saturated rings. The summed E-state index contributed by atoms with van der Waals surface area (Å²) in [5.74, 6) is -0.757. The molecule has 1 heterocycles. The van der Waals surface area contributed by atoms with E-state index in [2.05, 4.69) is 15.7 Å². The number of aryl methyl sites for hydroxylation is 1. The van der Waals surface area contributed by atoms with E-state index in [4.69, 9.17) is 11.6 Å². The van der Waals surface area contributed by atoms with Crippen molar-refractivity contribution in [2.75, 3.05) is 10.6 Å². The minimum absolute atomic E-state index is 0.0513. The monoisotopic (exact) mass is 452 g/mol. The van der Waals surface area contributed by atoms with Gasteiger partial charge in [-0.25, -0.2) is 4.68 Å². The van der Waals surface area contributed by atoms with Crippen molar-refractivity contribution in [1.82, 2.24) is 9.78 Å². The van der Waals surface area contributed by atoms with E-state index in [1.807, 2.05) is 32.0 Å². The minimum Gasteiger partial charge on any atom is -0.324 e. The van der Waals surface area contributed by atoms with Crippen molar-refractivity contribution >= 4 is 34.8 Å². The topological polar surface area (TPSA) is 93.1 Å². The zero-order valence-electron chi connectivity index (χ0n) is 18.4. The van der Waals surface area contributed by atoms with Gasteiger partial charge < -0.3 is 10.6 Å². The Labute approximate surface area is 191 Å². The molecule has 166 valence electrons. The number of anilines is 2. The minimum atomic E-state index is -0.873. The smallest absolute Gasteiger partial charge is 0.291 e. The molecule has 0 unspecified atom stereocenters. The lowest BCUT2D eigenvalue weighted by Crippen LogP contribution is -2.36. The summed E-state index contributed by atoms with van der Waals surface area (Å²) in [6.45, 7) is 7.00. The van der Waals surface area contributed by atoms with Gasteiger partial charge >= 0.3 is 0 Å². The fraction of sp³-hybridized carbons (Fsp3) is 0.250. The van der Waals surface area contributed by atoms with E-state index in [1.165, 1.54) is 13.0 Å². The lowest BCUT2D eigenvalue weighted by atomic mass is 10.1. The second-order valence-corrected chi connectivity index (χ2v) is 7.98. The summed E-state index contributed by atoms with van der Waals surface area (Å²) < 4.78 is 1.13. The number of halogens is 1. The second kappa shape index (κ2) is 9.78. The molecule has 0 saturated carbocycles. The van der Waals surface area contributed by atoms with Crippen LogP contribution in [0.15, 0.2) is 53.3 Å². The van der Waals surface area contributed by atoms with E-state index in [1.54, 1.807) is 31.2 Å². The fourth-order valence-corrected chi connectivity index (χ4v) is 3.46. The van der Waals surface area contributed by atoms with Gasteiger partial charge in [0.05, 0.1) is 5.69 Å². The zero-order valence-corrected chi connectivity index (χ0v) is 19.2. The number of carbonyl (C=O) groups is 2. The Kier molecular flexibility index (Phi) is 7.10. The summed E-state index contributed by atoms with van der Waals surface area (Å²) in [5, 5.41) is 10.5. The second-order valence-electron chi connectivity index (χ2n) is 7.54. The average molecular weight is 453 g/mol. The maximum atomic E-state index is 13.2. The summed E-state index contributed by atoms with van der Waals surface area (Å²) >= 11 is 5.99. The van der Waals surface area contributed by atoms with Crippen LogP contribution in [0, 0.1) is 13.8 Å². The molecule has 32 heavy (non-hydrogen) atoms. The number of hydrogen-bond acceptors (Lipinski definition) is 4. The van der Waals surface area contributed by atoms with Crippen LogP contribution in [0.4, 0.5) is 11.4 Å². The van der Waals surface area contributed by atoms with Gasteiger partial charge in [-0.3, -0.25) is 14.4 Å². The maximum Gasteiger partial charge on any atom is 0.291 e. The van der Waals surface area contributed by atoms with Gasteiger partial charge in [0.1, 0.15) is 11.7 Å². The molecule has 1 aromatic heterocycles. The van der Waals surface area contributed by atoms with Crippen LogP contribution < -0.4 is 16.2 Å². The molecule has 0 aliphatic rings. The van der Waals surface area contributed by atoms with E-state index >= 15 is 0 Å². The van der Waals surface area contributed by atoms with Crippen molar-refractivity contribution in [3.63, 3.8) is 0 Å². The van der Waals surface area contributed by atoms with Gasteiger partial charge in [-0.1, -0.05) is 42.8 Å². The van der Waals surface area contributed by atoms with Crippen molar-refractivity contribution in [2.24, 2.45) is 0 Å². The third-order valence-corrected chi connectivity index (χ3v) is 5.48. The third-order valence-electron chi connectivity index (χ3n) is 5.23. The number of nitrogens with zero attached hydrogens (tertiary/aromatic N) is 2. The lowest BCUT2D eigenvalue weighted by molar-refractivity contribution is -0.119. The standard InChI is InChI=1S/C24H25ClN4O3/c1-5-22(23(31)27-19-8-6-7-14(2)15(19)3)29-24(32)21(26-16(4)30)13-20(28-29)17-9-11-18(25)12-10-17/h6-13,22H,5H2,1-4H3,(H,26,30)(H,27,31)/t22-/m0/s1. The van der Waals surface area contributed by atoms with Gasteiger partial charge in [-0.15, -0.1) is 0 Å². The number of hydrogen-bond donors (Lipinski definition) is 2. The first kappa shape index (κ1) is 23.2. The molecule has 3 aromatic rings. The Hall–Kier alpha value is -3.45. The molecular formula is C24H25ClN4O3. The van der Waals surface area contributed by atoms with Crippen LogP contribution in [0.5, 0.6) is 0 Å². The Balaban J connectivity index is 2.08. The molecule has 0 saturated heterocycles. The predicted octanol–water partition coefficient (Wildman–Crippen LogP) is 4.73. The van der Waals surface area contributed by atoms with Crippen molar-refractivity contribution in [3.05, 3.63) is 75.0 Å². The van der Waals surface area contributed by atoms with Crippen molar-refractivity contribution < 1.29 is 9.59 Å². The van der Waals surface area contributed by atoms with Crippen LogP contribution in [0.1, 0.15) is 37.4 Å². The summed E-state index contributed by atoms with van der Waals surface area (Å²) in [7, 11) is 0. The number of carbonyl (C=O) groups excluding carboxylic acids is 2. The van der Waals surface area contributed by atoms with Crippen LogP contribution in [-0.4, -0.2) is 21.6 Å². The molecule has 7 nitrogen and oxygen atoms in total. The van der Waals surface area contributed by atoms with Gasteiger partial charge in [0.2, 0.25) is 11.8 Å². The fourth-order valence-electron chi connectivity index (χ4n) is 3.34. The zero-order chi connectivity index (χ0) is 23.4. The molecule has 3 rings (SSSR count). The highest BCUT2D eigenvalue weighted by Crippen LogP contribution is 2.24. The Morgan fingerprint density at radius 2 is 1.75 bits per heavy atom. The molecule has 2 N–H and O–H groups in total. The van der Waals surface area contributed by atoms with Gasteiger partial charge in [0.25, 0.3) is 5.56 Å². The highest BCUT2D eigenvalue weighted by atomic mass is 35.5. The Morgan fingerprint density at radius 1 is 1.06 bits per heavy atom. The largest absolute Gasteiger partial charge is 0.324 e. The molecule has 2 amide bonds. The Bertz CT molecular complexity index is 1220. The lowest BCUT2D eigenvalue weighted by Gasteiger charge is -2.20. The van der Waals surface area contributed by atoms with Crippen molar-refractivity contribution in [3.8, 4) is 11.3 Å². The highest BCUT2D eigenvalue weighted by molar-refractivity contribution is 6.30. The van der Waals surface area contributed by atoms with E-state index in [0.29, 0.717) is 28.4 Å². The quantitative estimate of drug-likeness (QED) is 0.565. The first-order valence-corrected chi connectivity index (χ1v) is 10.6. The summed E-state index contributed by atoms with van der Waals surface area (Å²) in [6, 6.07) is 13.2. The van der Waals surface area contributed by atoms with E-state index in [0.717, 1.165) is 15.8 Å². The third kappa shape index (κ3) is 5.06. The number of aromatic nitrogens is 2. The van der Waals surface area contributed by atoms with E-state index < -0.39 is 17.5 Å². The van der Waals surface area contributed by atoms with Crippen LogP contribution in [0.3, 0.4) is 0 Å². The number of amides is 2. The van der Waals surface area contributed by atoms with Gasteiger partial charge in [-0.2, -0.15) is 5.10 Å². The summed E-state index contributed by atoms with van der Waals surface area (Å²) in [4.78, 5) is 38.0. The number of benzene rings is 2.